The van der Waals surface area contributed by atoms with E-state index in [0.29, 0.717) is 16.9 Å². The molecule has 1 saturated heterocycles. The first-order chi connectivity index (χ1) is 17.3. The van der Waals surface area contributed by atoms with Crippen molar-refractivity contribution in [1.29, 1.82) is 0 Å². The highest BCUT2D eigenvalue weighted by atomic mass is 35.5. The summed E-state index contributed by atoms with van der Waals surface area (Å²) in [6, 6.07) is 17.1. The molecular weight excluding hydrogens is 483 g/mol. The maximum Gasteiger partial charge on any atom is 0.295 e. The molecular formula is C28H22ClFN2O4. The van der Waals surface area contributed by atoms with Gasteiger partial charge in [0, 0.05) is 41.8 Å². The summed E-state index contributed by atoms with van der Waals surface area (Å²) in [6.07, 6.45) is 1.85. The molecule has 1 aliphatic rings. The number of fused-ring (bicyclic) bond motifs is 1. The summed E-state index contributed by atoms with van der Waals surface area (Å²) in [5.74, 6) is -1.88. The van der Waals surface area contributed by atoms with Gasteiger partial charge in [-0.05, 0) is 42.0 Å². The molecule has 4 aromatic rings. The Morgan fingerprint density at radius 1 is 1.08 bits per heavy atom. The van der Waals surface area contributed by atoms with E-state index in [-0.39, 0.29) is 28.5 Å². The zero-order valence-electron chi connectivity index (χ0n) is 19.5. The summed E-state index contributed by atoms with van der Waals surface area (Å²) in [5.41, 5.74) is 2.49. The predicted octanol–water partition coefficient (Wildman–Crippen LogP) is 5.60. The van der Waals surface area contributed by atoms with Crippen molar-refractivity contribution in [1.82, 2.24) is 9.47 Å². The van der Waals surface area contributed by atoms with Crippen LogP contribution in [0.3, 0.4) is 0 Å². The summed E-state index contributed by atoms with van der Waals surface area (Å²) in [4.78, 5) is 28.1. The van der Waals surface area contributed by atoms with Gasteiger partial charge in [0.25, 0.3) is 11.7 Å². The molecule has 0 aliphatic carbocycles. The van der Waals surface area contributed by atoms with Gasteiger partial charge in [0.1, 0.15) is 17.3 Å². The van der Waals surface area contributed by atoms with Crippen LogP contribution >= 0.6 is 11.6 Å². The maximum atomic E-state index is 13.5. The molecule has 1 N–H and O–H groups in total. The average molecular weight is 505 g/mol. The highest BCUT2D eigenvalue weighted by Crippen LogP contribution is 2.43. The fourth-order valence-electron chi connectivity index (χ4n) is 4.71. The van der Waals surface area contributed by atoms with Crippen molar-refractivity contribution in [3.63, 3.8) is 0 Å². The molecule has 3 aromatic carbocycles. The Hall–Kier alpha value is -4.10. The normalized spacial score (nSPS) is 17.2. The molecule has 0 spiro atoms. The van der Waals surface area contributed by atoms with Gasteiger partial charge in [-0.15, -0.1) is 0 Å². The molecule has 1 aromatic heterocycles. The number of ether oxygens (including phenoxy) is 1. The minimum absolute atomic E-state index is 0.0419. The summed E-state index contributed by atoms with van der Waals surface area (Å²) < 4.78 is 20.6. The van der Waals surface area contributed by atoms with Crippen LogP contribution in [-0.4, -0.2) is 33.4 Å². The van der Waals surface area contributed by atoms with E-state index in [1.165, 1.54) is 30.2 Å². The fraction of sp³-hybridized carbons (Fsp3) is 0.143. The number of ketones is 1. The Morgan fingerprint density at radius 3 is 2.50 bits per heavy atom. The number of nitrogens with zero attached hydrogens (tertiary/aromatic N) is 2. The molecule has 0 saturated carbocycles. The number of aliphatic hydroxyl groups excluding tert-OH is 1. The average Bonchev–Trinajstić information content (AvgIpc) is 3.33. The number of likely N-dealkylation sites (tertiary alicyclic amines) is 1. The van der Waals surface area contributed by atoms with Crippen LogP contribution in [0.1, 0.15) is 22.7 Å². The highest BCUT2D eigenvalue weighted by molar-refractivity contribution is 6.46. The number of para-hydroxylation sites is 1. The topological polar surface area (TPSA) is 71.8 Å². The Balaban J connectivity index is 1.72. The third-order valence-electron chi connectivity index (χ3n) is 6.45. The fourth-order valence-corrected chi connectivity index (χ4v) is 4.97. The lowest BCUT2D eigenvalue weighted by Crippen LogP contribution is -2.29. The van der Waals surface area contributed by atoms with Crippen LogP contribution in [0.4, 0.5) is 4.39 Å². The Morgan fingerprint density at radius 2 is 1.81 bits per heavy atom. The van der Waals surface area contributed by atoms with E-state index in [1.54, 1.807) is 24.3 Å². The molecule has 2 heterocycles. The van der Waals surface area contributed by atoms with Gasteiger partial charge in [-0.2, -0.15) is 0 Å². The van der Waals surface area contributed by atoms with Gasteiger partial charge in [-0.3, -0.25) is 9.59 Å². The SMILES string of the molecule is COc1ccc(/C(O)=C2\C(=O)C(=O)N(Cc3ccc(F)cc3)C2c2cn(C)c3ccccc23)cc1Cl. The van der Waals surface area contributed by atoms with E-state index in [1.807, 2.05) is 42.1 Å². The summed E-state index contributed by atoms with van der Waals surface area (Å²) in [5, 5.41) is 12.4. The van der Waals surface area contributed by atoms with E-state index in [9.17, 15) is 19.1 Å². The van der Waals surface area contributed by atoms with E-state index >= 15 is 0 Å². The smallest absolute Gasteiger partial charge is 0.295 e. The second-order valence-corrected chi connectivity index (χ2v) is 9.02. The van der Waals surface area contributed by atoms with Crippen LogP contribution in [0.25, 0.3) is 16.7 Å². The number of hydrogen-bond acceptors (Lipinski definition) is 4. The van der Waals surface area contributed by atoms with Crippen molar-refractivity contribution >= 4 is 40.0 Å². The number of halogens is 2. The van der Waals surface area contributed by atoms with Crippen molar-refractivity contribution in [2.24, 2.45) is 7.05 Å². The lowest BCUT2D eigenvalue weighted by molar-refractivity contribution is -0.140. The number of carbonyl (C=O) groups excluding carboxylic acids is 2. The van der Waals surface area contributed by atoms with Gasteiger partial charge < -0.3 is 19.3 Å². The third kappa shape index (κ3) is 3.91. The van der Waals surface area contributed by atoms with Gasteiger partial charge in [-0.1, -0.05) is 41.9 Å². The van der Waals surface area contributed by atoms with Crippen LogP contribution in [-0.2, 0) is 23.2 Å². The predicted molar refractivity (Wildman–Crippen MR) is 135 cm³/mol. The van der Waals surface area contributed by atoms with Gasteiger partial charge in [-0.25, -0.2) is 4.39 Å². The van der Waals surface area contributed by atoms with Gasteiger partial charge in [0.15, 0.2) is 0 Å². The molecule has 1 amide bonds. The number of benzene rings is 3. The molecule has 182 valence electrons. The maximum absolute atomic E-state index is 13.5. The van der Waals surface area contributed by atoms with E-state index < -0.39 is 23.5 Å². The molecule has 1 aliphatic heterocycles. The van der Waals surface area contributed by atoms with E-state index in [0.717, 1.165) is 10.9 Å². The second-order valence-electron chi connectivity index (χ2n) is 8.62. The first-order valence-corrected chi connectivity index (χ1v) is 11.6. The Bertz CT molecular complexity index is 1540. The largest absolute Gasteiger partial charge is 0.507 e. The molecule has 1 fully saturated rings. The minimum atomic E-state index is -0.873. The second kappa shape index (κ2) is 9.17. The number of amides is 1. The molecule has 0 bridgehead atoms. The lowest BCUT2D eigenvalue weighted by Gasteiger charge is -2.25. The van der Waals surface area contributed by atoms with Crippen molar-refractivity contribution in [2.45, 2.75) is 12.6 Å². The molecule has 8 heteroatoms. The lowest BCUT2D eigenvalue weighted by atomic mass is 9.94. The Kier molecular flexibility index (Phi) is 6.02. The van der Waals surface area contributed by atoms with Crippen molar-refractivity contribution in [3.05, 3.63) is 106 Å². The first kappa shape index (κ1) is 23.6. The zero-order valence-corrected chi connectivity index (χ0v) is 20.3. The molecule has 0 radical (unpaired) electrons. The minimum Gasteiger partial charge on any atom is -0.507 e. The standard InChI is InChI=1S/C28H22ClFN2O4/c1-31-15-20(19-5-3-4-6-22(19)31)25-24(26(33)17-9-12-23(36-2)21(29)13-17)27(34)28(35)32(25)14-16-7-10-18(30)11-8-16/h3-13,15,25,33H,14H2,1-2H3/b26-24+. The number of carbonyl (C=O) groups is 2. The number of Topliss-reactive ketones (excluding diaryl/α,β-unsaturated/α-hetero) is 1. The number of methoxy groups -OCH3 is 1. The summed E-state index contributed by atoms with van der Waals surface area (Å²) in [7, 11) is 3.35. The number of aromatic nitrogens is 1. The number of rotatable bonds is 5. The van der Waals surface area contributed by atoms with Gasteiger partial charge in [0.05, 0.1) is 23.7 Å². The third-order valence-corrected chi connectivity index (χ3v) is 6.75. The van der Waals surface area contributed by atoms with Crippen LogP contribution in [0.15, 0.2) is 78.5 Å². The summed E-state index contributed by atoms with van der Waals surface area (Å²) in [6.45, 7) is 0.0545. The van der Waals surface area contributed by atoms with Crippen molar-refractivity contribution < 1.29 is 23.8 Å². The van der Waals surface area contributed by atoms with E-state index in [4.69, 9.17) is 16.3 Å². The van der Waals surface area contributed by atoms with Crippen molar-refractivity contribution in [2.75, 3.05) is 7.11 Å². The van der Waals surface area contributed by atoms with Gasteiger partial charge >= 0.3 is 0 Å². The summed E-state index contributed by atoms with van der Waals surface area (Å²) >= 11 is 6.27. The zero-order chi connectivity index (χ0) is 25.6. The Labute approximate surface area is 211 Å². The molecule has 6 nitrogen and oxygen atoms in total. The molecule has 1 unspecified atom stereocenters. The van der Waals surface area contributed by atoms with Crippen LogP contribution in [0.5, 0.6) is 5.75 Å². The monoisotopic (exact) mass is 504 g/mol. The molecule has 5 rings (SSSR count). The molecule has 1 atom stereocenters. The van der Waals surface area contributed by atoms with Crippen LogP contribution in [0.2, 0.25) is 5.02 Å². The highest BCUT2D eigenvalue weighted by Gasteiger charge is 2.47. The molecule has 36 heavy (non-hydrogen) atoms. The quantitative estimate of drug-likeness (QED) is 0.218. The number of aryl methyl sites for hydroxylation is 1. The van der Waals surface area contributed by atoms with Gasteiger partial charge in [0.2, 0.25) is 0 Å². The van der Waals surface area contributed by atoms with Crippen molar-refractivity contribution in [3.8, 4) is 5.75 Å². The number of aliphatic hydroxyl groups is 1. The van der Waals surface area contributed by atoms with E-state index in [2.05, 4.69) is 0 Å². The van der Waals surface area contributed by atoms with Crippen LogP contribution < -0.4 is 4.74 Å². The number of hydrogen-bond donors (Lipinski definition) is 1. The first-order valence-electron chi connectivity index (χ1n) is 11.2. The van der Waals surface area contributed by atoms with Crippen LogP contribution in [0, 0.1) is 5.82 Å².